The first kappa shape index (κ1) is 21.1. The highest BCUT2D eigenvalue weighted by Crippen LogP contribution is 2.35. The van der Waals surface area contributed by atoms with E-state index < -0.39 is 10.0 Å². The largest absolute Gasteiger partial charge is 0.482 e. The maximum atomic E-state index is 12.8. The fraction of sp³-hybridized carbons (Fsp3) is 0.350. The SMILES string of the molecule is O=C1COc2cc(S(=O)(=O)NCC3CN(Cc4ccccc4)CCO3)c(Cl)cc2N1. The predicted octanol–water partition coefficient (Wildman–Crippen LogP) is 1.85. The van der Waals surface area contributed by atoms with Gasteiger partial charge in [0.05, 0.1) is 23.4 Å². The van der Waals surface area contributed by atoms with Crippen LogP contribution < -0.4 is 14.8 Å². The molecule has 30 heavy (non-hydrogen) atoms. The van der Waals surface area contributed by atoms with Crippen LogP contribution in [-0.2, 0) is 26.1 Å². The first-order valence-corrected chi connectivity index (χ1v) is 11.4. The number of morpholine rings is 1. The fourth-order valence-corrected chi connectivity index (χ4v) is 5.06. The van der Waals surface area contributed by atoms with Gasteiger partial charge in [-0.1, -0.05) is 41.9 Å². The quantitative estimate of drug-likeness (QED) is 0.695. The van der Waals surface area contributed by atoms with Crippen LogP contribution in [0.1, 0.15) is 5.56 Å². The zero-order chi connectivity index (χ0) is 21.1. The number of hydrogen-bond acceptors (Lipinski definition) is 6. The van der Waals surface area contributed by atoms with Crippen LogP contribution in [0, 0.1) is 0 Å². The molecule has 1 unspecified atom stereocenters. The fourth-order valence-electron chi connectivity index (χ4n) is 3.46. The summed E-state index contributed by atoms with van der Waals surface area (Å²) in [6, 6.07) is 12.8. The van der Waals surface area contributed by atoms with Crippen molar-refractivity contribution < 1.29 is 22.7 Å². The van der Waals surface area contributed by atoms with Gasteiger partial charge < -0.3 is 14.8 Å². The van der Waals surface area contributed by atoms with E-state index in [-0.39, 0.29) is 40.8 Å². The zero-order valence-corrected chi connectivity index (χ0v) is 17.7. The van der Waals surface area contributed by atoms with Crippen LogP contribution in [0.2, 0.25) is 5.02 Å². The van der Waals surface area contributed by atoms with Crippen molar-refractivity contribution in [2.75, 3.05) is 38.2 Å². The highest BCUT2D eigenvalue weighted by molar-refractivity contribution is 7.89. The number of ether oxygens (including phenoxy) is 2. The predicted molar refractivity (Wildman–Crippen MR) is 112 cm³/mol. The molecule has 8 nitrogen and oxygen atoms in total. The molecule has 2 heterocycles. The van der Waals surface area contributed by atoms with E-state index in [9.17, 15) is 13.2 Å². The van der Waals surface area contributed by atoms with Gasteiger partial charge >= 0.3 is 0 Å². The second kappa shape index (κ2) is 8.91. The van der Waals surface area contributed by atoms with Gasteiger partial charge in [-0.25, -0.2) is 13.1 Å². The van der Waals surface area contributed by atoms with Crippen LogP contribution >= 0.6 is 11.6 Å². The van der Waals surface area contributed by atoms with Gasteiger partial charge in [0.25, 0.3) is 5.91 Å². The first-order valence-electron chi connectivity index (χ1n) is 9.54. The minimum absolute atomic E-state index is 0.00215. The number of benzene rings is 2. The molecule has 2 aliphatic rings. The molecule has 0 radical (unpaired) electrons. The second-order valence-electron chi connectivity index (χ2n) is 7.18. The summed E-state index contributed by atoms with van der Waals surface area (Å²) in [4.78, 5) is 13.5. The lowest BCUT2D eigenvalue weighted by Crippen LogP contribution is -2.47. The third-order valence-electron chi connectivity index (χ3n) is 4.93. The molecule has 0 aromatic heterocycles. The number of sulfonamides is 1. The van der Waals surface area contributed by atoms with Gasteiger partial charge in [0.2, 0.25) is 10.0 Å². The Balaban J connectivity index is 1.40. The molecule has 1 atom stereocenters. The van der Waals surface area contributed by atoms with Crippen LogP contribution in [0.25, 0.3) is 0 Å². The maximum absolute atomic E-state index is 12.8. The van der Waals surface area contributed by atoms with Gasteiger partial charge in [-0.3, -0.25) is 9.69 Å². The highest BCUT2D eigenvalue weighted by Gasteiger charge is 2.27. The van der Waals surface area contributed by atoms with Crippen molar-refractivity contribution in [3.8, 4) is 5.75 Å². The molecule has 2 aromatic rings. The van der Waals surface area contributed by atoms with Gasteiger partial charge in [-0.05, 0) is 11.6 Å². The number of fused-ring (bicyclic) bond motifs is 1. The number of carbonyl (C=O) groups is 1. The molecule has 2 aliphatic heterocycles. The number of carbonyl (C=O) groups excluding carboxylic acids is 1. The Morgan fingerprint density at radius 1 is 1.23 bits per heavy atom. The Hall–Kier alpha value is -2.17. The van der Waals surface area contributed by atoms with E-state index in [4.69, 9.17) is 21.1 Å². The van der Waals surface area contributed by atoms with Crippen molar-refractivity contribution in [2.45, 2.75) is 17.5 Å². The number of halogens is 1. The monoisotopic (exact) mass is 451 g/mol. The number of nitrogens with one attached hydrogen (secondary N) is 2. The highest BCUT2D eigenvalue weighted by atomic mass is 35.5. The summed E-state index contributed by atoms with van der Waals surface area (Å²) in [5, 5.41) is 2.60. The Morgan fingerprint density at radius 3 is 2.83 bits per heavy atom. The summed E-state index contributed by atoms with van der Waals surface area (Å²) in [5.41, 5.74) is 1.55. The Kier molecular flexibility index (Phi) is 6.26. The Morgan fingerprint density at radius 2 is 2.03 bits per heavy atom. The topological polar surface area (TPSA) is 97.0 Å². The number of anilines is 1. The molecule has 2 aromatic carbocycles. The van der Waals surface area contributed by atoms with Crippen LogP contribution in [-0.4, -0.2) is 58.2 Å². The standard InChI is InChI=1S/C20H22ClN3O5S/c21-16-8-17-18(29-13-20(25)23-17)9-19(16)30(26,27)22-10-15-12-24(6-7-28-15)11-14-4-2-1-3-5-14/h1-5,8-9,15,22H,6-7,10-13H2,(H,23,25). The average molecular weight is 452 g/mol. The molecule has 2 N–H and O–H groups in total. The molecule has 0 spiro atoms. The van der Waals surface area contributed by atoms with Crippen molar-refractivity contribution >= 4 is 33.2 Å². The summed E-state index contributed by atoms with van der Waals surface area (Å²) >= 11 is 6.16. The van der Waals surface area contributed by atoms with E-state index >= 15 is 0 Å². The third kappa shape index (κ3) is 4.93. The van der Waals surface area contributed by atoms with Crippen LogP contribution in [0.4, 0.5) is 5.69 Å². The van der Waals surface area contributed by atoms with Crippen molar-refractivity contribution in [1.82, 2.24) is 9.62 Å². The molecule has 1 amide bonds. The normalized spacial score (nSPS) is 19.6. The van der Waals surface area contributed by atoms with Crippen molar-refractivity contribution in [3.05, 3.63) is 53.1 Å². The maximum Gasteiger partial charge on any atom is 0.262 e. The number of nitrogens with zero attached hydrogens (tertiary/aromatic N) is 1. The summed E-state index contributed by atoms with van der Waals surface area (Å²) in [5.74, 6) is -0.0517. The first-order chi connectivity index (χ1) is 14.4. The lowest BCUT2D eigenvalue weighted by Gasteiger charge is -2.33. The van der Waals surface area contributed by atoms with Crippen molar-refractivity contribution in [3.63, 3.8) is 0 Å². The molecular formula is C20H22ClN3O5S. The molecular weight excluding hydrogens is 430 g/mol. The van der Waals surface area contributed by atoms with E-state index in [0.29, 0.717) is 18.8 Å². The Bertz CT molecular complexity index is 1030. The number of hydrogen-bond donors (Lipinski definition) is 2. The lowest BCUT2D eigenvalue weighted by atomic mass is 10.2. The zero-order valence-electron chi connectivity index (χ0n) is 16.1. The number of amides is 1. The van der Waals surface area contributed by atoms with E-state index in [1.807, 2.05) is 18.2 Å². The minimum atomic E-state index is -3.89. The van der Waals surface area contributed by atoms with E-state index in [0.717, 1.165) is 13.1 Å². The van der Waals surface area contributed by atoms with Gasteiger partial charge in [0, 0.05) is 32.2 Å². The summed E-state index contributed by atoms with van der Waals surface area (Å²) in [6.45, 7) is 2.68. The van der Waals surface area contributed by atoms with Gasteiger partial charge in [0.1, 0.15) is 10.6 Å². The molecule has 4 rings (SSSR count). The molecule has 10 heteroatoms. The third-order valence-corrected chi connectivity index (χ3v) is 6.82. The van der Waals surface area contributed by atoms with Crippen molar-refractivity contribution in [1.29, 1.82) is 0 Å². The second-order valence-corrected chi connectivity index (χ2v) is 9.32. The summed E-state index contributed by atoms with van der Waals surface area (Å²) in [7, 11) is -3.89. The van der Waals surface area contributed by atoms with Gasteiger partial charge in [-0.15, -0.1) is 0 Å². The molecule has 0 aliphatic carbocycles. The summed E-state index contributed by atoms with van der Waals surface area (Å²) < 4.78 is 39.2. The average Bonchev–Trinajstić information content (AvgIpc) is 2.73. The number of rotatable bonds is 6. The van der Waals surface area contributed by atoms with E-state index in [2.05, 4.69) is 27.1 Å². The van der Waals surface area contributed by atoms with E-state index in [1.165, 1.54) is 17.7 Å². The van der Waals surface area contributed by atoms with Gasteiger partial charge in [-0.2, -0.15) is 0 Å². The van der Waals surface area contributed by atoms with E-state index in [1.54, 1.807) is 0 Å². The summed E-state index contributed by atoms with van der Waals surface area (Å²) in [6.07, 6.45) is -0.274. The molecule has 0 saturated carbocycles. The molecule has 0 bridgehead atoms. The molecule has 1 fully saturated rings. The lowest BCUT2D eigenvalue weighted by molar-refractivity contribution is -0.118. The van der Waals surface area contributed by atoms with Crippen molar-refractivity contribution in [2.24, 2.45) is 0 Å². The van der Waals surface area contributed by atoms with Crippen LogP contribution in [0.5, 0.6) is 5.75 Å². The van der Waals surface area contributed by atoms with Crippen LogP contribution in [0.3, 0.4) is 0 Å². The van der Waals surface area contributed by atoms with Gasteiger partial charge in [0.15, 0.2) is 6.61 Å². The molecule has 1 saturated heterocycles. The smallest absolute Gasteiger partial charge is 0.262 e. The Labute approximate surface area is 180 Å². The van der Waals surface area contributed by atoms with Crippen LogP contribution in [0.15, 0.2) is 47.4 Å². The molecule has 160 valence electrons. The minimum Gasteiger partial charge on any atom is -0.482 e.